The van der Waals surface area contributed by atoms with Crippen LogP contribution in [-0.4, -0.2) is 53.4 Å². The second kappa shape index (κ2) is 10.3. The molecule has 39 heavy (non-hydrogen) atoms. The van der Waals surface area contributed by atoms with E-state index in [0.717, 1.165) is 18.4 Å². The standard InChI is InChI=1S/C29H35ClN4O5/c1-18-13-19(2)25(20(3)14-18)34(17-35,32-27(38)39-28(4,5)6)29(26(37)33-11-7-8-12-33)16-24(36)22-10-9-21(30)15-23(22)31-29/h9-10,13-15,17H,7-8,11-12,16H2,1-6H3,(H-,31,32,36,38)/p+1. The Balaban J connectivity index is 2.06. The highest BCUT2D eigenvalue weighted by molar-refractivity contribution is 6.31. The maximum Gasteiger partial charge on any atom is 0.453 e. The third-order valence-corrected chi connectivity index (χ3v) is 7.44. The molecule has 2 atom stereocenters. The van der Waals surface area contributed by atoms with Gasteiger partial charge < -0.3 is 15.0 Å². The quantitative estimate of drug-likeness (QED) is 0.299. The highest BCUT2D eigenvalue weighted by Crippen LogP contribution is 2.44. The van der Waals surface area contributed by atoms with Gasteiger partial charge in [0.1, 0.15) is 5.60 Å². The number of aryl methyl sites for hydroxylation is 3. The van der Waals surface area contributed by atoms with E-state index < -0.39 is 34.3 Å². The number of likely N-dealkylation sites (tertiary alicyclic amines) is 1. The first-order valence-corrected chi connectivity index (χ1v) is 13.5. The van der Waals surface area contributed by atoms with Crippen molar-refractivity contribution in [3.8, 4) is 0 Å². The maximum atomic E-state index is 14.6. The second-order valence-electron chi connectivity index (χ2n) is 11.5. The first kappa shape index (κ1) is 28.6. The van der Waals surface area contributed by atoms with Crippen molar-refractivity contribution < 1.29 is 23.9 Å². The Morgan fingerprint density at radius 1 is 1.10 bits per heavy atom. The van der Waals surface area contributed by atoms with Crippen LogP contribution < -0.4 is 15.3 Å². The van der Waals surface area contributed by atoms with Crippen molar-refractivity contribution in [2.24, 2.45) is 0 Å². The summed E-state index contributed by atoms with van der Waals surface area (Å²) in [6, 6.07) is 8.50. The predicted molar refractivity (Wildman–Crippen MR) is 150 cm³/mol. The first-order chi connectivity index (χ1) is 18.2. The third-order valence-electron chi connectivity index (χ3n) is 7.20. The van der Waals surface area contributed by atoms with Crippen LogP contribution in [0.2, 0.25) is 5.02 Å². The molecule has 2 unspecified atom stereocenters. The van der Waals surface area contributed by atoms with Gasteiger partial charge in [-0.25, -0.2) is 9.59 Å². The van der Waals surface area contributed by atoms with Crippen molar-refractivity contribution in [2.75, 3.05) is 18.4 Å². The number of hydrogen-bond acceptors (Lipinski definition) is 6. The van der Waals surface area contributed by atoms with Crippen molar-refractivity contribution in [3.05, 3.63) is 57.6 Å². The summed E-state index contributed by atoms with van der Waals surface area (Å²) in [6.07, 6.45) is 0.799. The number of hydrogen-bond donors (Lipinski definition) is 2. The van der Waals surface area contributed by atoms with E-state index in [1.165, 1.54) is 0 Å². The van der Waals surface area contributed by atoms with Gasteiger partial charge in [0.15, 0.2) is 11.5 Å². The Kier molecular flexibility index (Phi) is 7.53. The van der Waals surface area contributed by atoms with Gasteiger partial charge in [-0.15, -0.1) is 0 Å². The van der Waals surface area contributed by atoms with Crippen LogP contribution in [0.3, 0.4) is 0 Å². The summed E-state index contributed by atoms with van der Waals surface area (Å²) in [5, 5.41) is 3.61. The van der Waals surface area contributed by atoms with E-state index >= 15 is 0 Å². The minimum Gasteiger partial charge on any atom is -0.441 e. The Bertz CT molecular complexity index is 1320. The van der Waals surface area contributed by atoms with E-state index in [-0.39, 0.29) is 5.78 Å². The average molecular weight is 556 g/mol. The molecule has 2 heterocycles. The normalized spacial score (nSPS) is 20.5. The molecule has 10 heteroatoms. The summed E-state index contributed by atoms with van der Waals surface area (Å²) in [5.74, 6) is -0.827. The van der Waals surface area contributed by atoms with Crippen LogP contribution in [0, 0.1) is 20.8 Å². The molecule has 0 aliphatic carbocycles. The van der Waals surface area contributed by atoms with Crippen LogP contribution in [-0.2, 0) is 14.3 Å². The molecule has 2 aromatic carbocycles. The number of rotatable bonds is 5. The van der Waals surface area contributed by atoms with Gasteiger partial charge in [0.2, 0.25) is 0 Å². The Morgan fingerprint density at radius 3 is 2.28 bits per heavy atom. The number of fused-ring (bicyclic) bond motifs is 1. The van der Waals surface area contributed by atoms with Crippen LogP contribution in [0.1, 0.15) is 67.1 Å². The van der Waals surface area contributed by atoms with Crippen LogP contribution in [0.15, 0.2) is 30.3 Å². The monoisotopic (exact) mass is 555 g/mol. The molecule has 2 N–H and O–H groups in total. The van der Waals surface area contributed by atoms with Crippen molar-refractivity contribution in [1.29, 1.82) is 0 Å². The second-order valence-corrected chi connectivity index (χ2v) is 11.9. The number of anilines is 1. The molecule has 2 aromatic rings. The minimum atomic E-state index is -1.96. The topological polar surface area (TPSA) is 105 Å². The zero-order valence-corrected chi connectivity index (χ0v) is 24.1. The predicted octanol–water partition coefficient (Wildman–Crippen LogP) is 5.19. The lowest BCUT2D eigenvalue weighted by Gasteiger charge is -2.49. The molecule has 0 bridgehead atoms. The zero-order valence-electron chi connectivity index (χ0n) is 23.3. The van der Waals surface area contributed by atoms with Crippen molar-refractivity contribution in [2.45, 2.75) is 72.1 Å². The van der Waals surface area contributed by atoms with Crippen LogP contribution in [0.5, 0.6) is 0 Å². The van der Waals surface area contributed by atoms with E-state index in [1.807, 2.05) is 32.9 Å². The van der Waals surface area contributed by atoms with Gasteiger partial charge in [0, 0.05) is 34.8 Å². The molecular weight excluding hydrogens is 520 g/mol. The number of quaternary nitrogens is 1. The Hall–Kier alpha value is -3.43. The van der Waals surface area contributed by atoms with E-state index in [0.29, 0.717) is 52.6 Å². The van der Waals surface area contributed by atoms with Gasteiger partial charge in [-0.1, -0.05) is 33.9 Å². The lowest BCUT2D eigenvalue weighted by molar-refractivity contribution is -0.148. The molecule has 0 spiro atoms. The third kappa shape index (κ3) is 5.13. The highest BCUT2D eigenvalue weighted by Gasteiger charge is 2.66. The largest absolute Gasteiger partial charge is 0.453 e. The number of nitrogens with one attached hydrogen (secondary N) is 2. The number of Topliss-reactive ketones (excluding diaryl/α,β-unsaturated/α-hetero) is 1. The summed E-state index contributed by atoms with van der Waals surface area (Å²) >= 11 is 6.30. The molecular formula is C29H36ClN4O5+. The summed E-state index contributed by atoms with van der Waals surface area (Å²) in [6.45, 7) is 11.6. The number of ketones is 1. The van der Waals surface area contributed by atoms with Crippen LogP contribution in [0.25, 0.3) is 0 Å². The van der Waals surface area contributed by atoms with Gasteiger partial charge in [-0.2, -0.15) is 5.43 Å². The number of carbonyl (C=O) groups excluding carboxylic acids is 4. The number of carbonyl (C=O) groups is 4. The molecule has 2 aliphatic heterocycles. The lowest BCUT2D eigenvalue weighted by Crippen LogP contribution is -2.82. The Morgan fingerprint density at radius 2 is 1.72 bits per heavy atom. The number of amides is 3. The van der Waals surface area contributed by atoms with Crippen LogP contribution >= 0.6 is 11.6 Å². The first-order valence-electron chi connectivity index (χ1n) is 13.1. The van der Waals surface area contributed by atoms with Crippen molar-refractivity contribution in [1.82, 2.24) is 14.9 Å². The molecule has 0 saturated carbocycles. The number of nitrogens with zero attached hydrogens (tertiary/aromatic N) is 2. The van der Waals surface area contributed by atoms with E-state index in [2.05, 4.69) is 10.7 Å². The summed E-state index contributed by atoms with van der Waals surface area (Å²) in [5.41, 5.74) is 3.21. The van der Waals surface area contributed by atoms with E-state index in [1.54, 1.807) is 43.9 Å². The zero-order chi connectivity index (χ0) is 28.8. The molecule has 3 amide bonds. The molecule has 1 fully saturated rings. The molecule has 0 radical (unpaired) electrons. The Labute approximate surface area is 234 Å². The number of ether oxygens (including phenoxy) is 1. The minimum absolute atomic E-state index is 0.309. The van der Waals surface area contributed by atoms with E-state index in [9.17, 15) is 19.2 Å². The fraction of sp³-hybridized carbons (Fsp3) is 0.448. The summed E-state index contributed by atoms with van der Waals surface area (Å²) in [4.78, 5) is 57.0. The fourth-order valence-electron chi connectivity index (χ4n) is 5.82. The SMILES string of the molecule is Cc1cc(C)c([N+](C=O)(NC(=O)OC(C)(C)C)C2(C(=O)N3CCCC3)CC(=O)c3ccc(Cl)cc3N2)c(C)c1. The molecule has 1 saturated heterocycles. The number of benzene rings is 2. The average Bonchev–Trinajstić information content (AvgIpc) is 3.35. The smallest absolute Gasteiger partial charge is 0.441 e. The molecule has 2 aliphatic rings. The molecule has 9 nitrogen and oxygen atoms in total. The van der Waals surface area contributed by atoms with Gasteiger partial charge in [0.25, 0.3) is 5.66 Å². The molecule has 4 rings (SSSR count). The fourth-order valence-corrected chi connectivity index (χ4v) is 5.99. The summed E-state index contributed by atoms with van der Waals surface area (Å²) < 4.78 is 4.57. The lowest BCUT2D eigenvalue weighted by atomic mass is 9.87. The summed E-state index contributed by atoms with van der Waals surface area (Å²) in [7, 11) is 0. The van der Waals surface area contributed by atoms with Crippen LogP contribution in [0.4, 0.5) is 16.2 Å². The van der Waals surface area contributed by atoms with Gasteiger partial charge in [-0.3, -0.25) is 9.59 Å². The van der Waals surface area contributed by atoms with Gasteiger partial charge in [0.05, 0.1) is 12.1 Å². The molecule has 208 valence electrons. The van der Waals surface area contributed by atoms with Crippen molar-refractivity contribution in [3.63, 3.8) is 0 Å². The molecule has 0 aromatic heterocycles. The number of halogens is 1. The highest BCUT2D eigenvalue weighted by atomic mass is 35.5. The van der Waals surface area contributed by atoms with Gasteiger partial charge >= 0.3 is 18.4 Å². The van der Waals surface area contributed by atoms with Gasteiger partial charge in [-0.05, 0) is 72.6 Å². The van der Waals surface area contributed by atoms with Crippen molar-refractivity contribution >= 4 is 47.2 Å². The maximum absolute atomic E-state index is 14.6. The van der Waals surface area contributed by atoms with E-state index in [4.69, 9.17) is 16.3 Å².